The van der Waals surface area contributed by atoms with Crippen LogP contribution >= 0.6 is 11.3 Å². The third-order valence-corrected chi connectivity index (χ3v) is 3.55. The maximum atomic E-state index is 5.32. The summed E-state index contributed by atoms with van der Waals surface area (Å²) in [5.41, 5.74) is 1.27. The van der Waals surface area contributed by atoms with Crippen LogP contribution in [0, 0.1) is 0 Å². The monoisotopic (exact) mass is 225 g/mol. The maximum absolute atomic E-state index is 5.32. The minimum Gasteiger partial charge on any atom is -0.496 e. The Balaban J connectivity index is 2.78. The number of methoxy groups -OCH3 is 1. The van der Waals surface area contributed by atoms with Crippen molar-refractivity contribution in [1.82, 2.24) is 5.32 Å². The largest absolute Gasteiger partial charge is 0.496 e. The van der Waals surface area contributed by atoms with Crippen LogP contribution in [0.25, 0.3) is 0 Å². The summed E-state index contributed by atoms with van der Waals surface area (Å²) in [6, 6.07) is 2.34. The Morgan fingerprint density at radius 2 is 2.40 bits per heavy atom. The fourth-order valence-electron chi connectivity index (χ4n) is 1.49. The number of nitrogens with one attached hydrogen (secondary N) is 1. The summed E-state index contributed by atoms with van der Waals surface area (Å²) < 4.78 is 5.32. The zero-order valence-corrected chi connectivity index (χ0v) is 10.5. The molecule has 1 rings (SSSR count). The fourth-order valence-corrected chi connectivity index (χ4v) is 2.46. The minimum atomic E-state index is 0.326. The van der Waals surface area contributed by atoms with Gasteiger partial charge in [0.2, 0.25) is 0 Å². The van der Waals surface area contributed by atoms with E-state index >= 15 is 0 Å². The molecule has 0 fully saturated rings. The number of hydrogen-bond donors (Lipinski definition) is 1. The van der Waals surface area contributed by atoms with Gasteiger partial charge in [-0.2, -0.15) is 0 Å². The van der Waals surface area contributed by atoms with Crippen molar-refractivity contribution in [1.29, 1.82) is 0 Å². The van der Waals surface area contributed by atoms with Gasteiger partial charge in [-0.25, -0.2) is 0 Å². The lowest BCUT2D eigenvalue weighted by Crippen LogP contribution is -2.16. The number of ether oxygens (including phenoxy) is 1. The first-order chi connectivity index (χ1) is 7.22. The molecule has 0 aliphatic carbocycles. The molecule has 0 aliphatic rings. The first-order valence-corrected chi connectivity index (χ1v) is 6.06. The van der Waals surface area contributed by atoms with E-state index in [4.69, 9.17) is 4.74 Å². The standard InChI is InChI=1S/C12H19NOS/c1-5-9(2)8-10(13-3)12-11(14-4)6-7-15-12/h6-7,10,13H,2,5,8H2,1,3-4H3. The summed E-state index contributed by atoms with van der Waals surface area (Å²) in [4.78, 5) is 1.26. The molecular weight excluding hydrogens is 206 g/mol. The van der Waals surface area contributed by atoms with Crippen LogP contribution < -0.4 is 10.1 Å². The van der Waals surface area contributed by atoms with Crippen molar-refractivity contribution in [2.75, 3.05) is 14.2 Å². The van der Waals surface area contributed by atoms with Crippen LogP contribution in [-0.4, -0.2) is 14.2 Å². The number of rotatable bonds is 6. The van der Waals surface area contributed by atoms with Crippen molar-refractivity contribution in [3.8, 4) is 5.75 Å². The van der Waals surface area contributed by atoms with Gasteiger partial charge in [-0.3, -0.25) is 0 Å². The molecule has 0 amide bonds. The lowest BCUT2D eigenvalue weighted by molar-refractivity contribution is 0.405. The zero-order chi connectivity index (χ0) is 11.3. The normalized spacial score (nSPS) is 12.5. The highest BCUT2D eigenvalue weighted by Gasteiger charge is 2.16. The molecule has 1 unspecified atom stereocenters. The van der Waals surface area contributed by atoms with Crippen LogP contribution in [0.5, 0.6) is 5.75 Å². The Morgan fingerprint density at radius 1 is 1.67 bits per heavy atom. The van der Waals surface area contributed by atoms with Crippen LogP contribution in [-0.2, 0) is 0 Å². The van der Waals surface area contributed by atoms with Gasteiger partial charge in [0.25, 0.3) is 0 Å². The van der Waals surface area contributed by atoms with E-state index in [1.807, 2.05) is 13.1 Å². The van der Waals surface area contributed by atoms with E-state index in [1.165, 1.54) is 10.5 Å². The SMILES string of the molecule is C=C(CC)CC(NC)c1sccc1OC. The summed E-state index contributed by atoms with van der Waals surface area (Å²) in [6.45, 7) is 6.19. The Bertz CT molecular complexity index is 319. The second kappa shape index (κ2) is 5.93. The van der Waals surface area contributed by atoms with E-state index in [0.29, 0.717) is 6.04 Å². The third-order valence-electron chi connectivity index (χ3n) is 2.53. The number of hydrogen-bond acceptors (Lipinski definition) is 3. The minimum absolute atomic E-state index is 0.326. The molecule has 1 aromatic heterocycles. The van der Waals surface area contributed by atoms with Crippen molar-refractivity contribution in [2.45, 2.75) is 25.8 Å². The Labute approximate surface area is 96.0 Å². The van der Waals surface area contributed by atoms with Gasteiger partial charge in [-0.15, -0.1) is 11.3 Å². The van der Waals surface area contributed by atoms with Gasteiger partial charge in [0, 0.05) is 6.04 Å². The molecule has 1 atom stereocenters. The second-order valence-electron chi connectivity index (χ2n) is 3.50. The first-order valence-electron chi connectivity index (χ1n) is 5.18. The molecule has 0 aliphatic heterocycles. The van der Waals surface area contributed by atoms with Crippen molar-refractivity contribution in [3.05, 3.63) is 28.5 Å². The predicted octanol–water partition coefficient (Wildman–Crippen LogP) is 3.37. The highest BCUT2D eigenvalue weighted by Crippen LogP contribution is 2.33. The highest BCUT2D eigenvalue weighted by molar-refractivity contribution is 7.10. The molecule has 0 saturated heterocycles. The molecule has 0 spiro atoms. The number of thiophene rings is 1. The van der Waals surface area contributed by atoms with Crippen molar-refractivity contribution < 1.29 is 4.74 Å². The van der Waals surface area contributed by atoms with E-state index in [-0.39, 0.29) is 0 Å². The molecule has 3 heteroatoms. The molecule has 0 aromatic carbocycles. The predicted molar refractivity (Wildman–Crippen MR) is 66.7 cm³/mol. The average molecular weight is 225 g/mol. The van der Waals surface area contributed by atoms with Crippen LogP contribution in [0.1, 0.15) is 30.7 Å². The summed E-state index contributed by atoms with van der Waals surface area (Å²) in [6.07, 6.45) is 2.01. The Hall–Kier alpha value is -0.800. The third kappa shape index (κ3) is 3.08. The van der Waals surface area contributed by atoms with Gasteiger partial charge in [-0.05, 0) is 31.3 Å². The highest BCUT2D eigenvalue weighted by atomic mass is 32.1. The smallest absolute Gasteiger partial charge is 0.134 e. The van der Waals surface area contributed by atoms with Crippen LogP contribution in [0.4, 0.5) is 0 Å². The van der Waals surface area contributed by atoms with E-state index in [9.17, 15) is 0 Å². The van der Waals surface area contributed by atoms with Crippen molar-refractivity contribution >= 4 is 11.3 Å². The molecule has 15 heavy (non-hydrogen) atoms. The molecule has 0 bridgehead atoms. The first kappa shape index (κ1) is 12.3. The van der Waals surface area contributed by atoms with E-state index in [1.54, 1.807) is 18.4 Å². The fraction of sp³-hybridized carbons (Fsp3) is 0.500. The van der Waals surface area contributed by atoms with Crippen LogP contribution in [0.2, 0.25) is 0 Å². The summed E-state index contributed by atoms with van der Waals surface area (Å²) >= 11 is 1.73. The van der Waals surface area contributed by atoms with Crippen LogP contribution in [0.3, 0.4) is 0 Å². The average Bonchev–Trinajstić information content (AvgIpc) is 2.73. The molecule has 1 aromatic rings. The molecule has 1 heterocycles. The molecule has 1 N–H and O–H groups in total. The van der Waals surface area contributed by atoms with Gasteiger partial charge in [0.05, 0.1) is 12.0 Å². The molecule has 0 saturated carbocycles. The molecule has 0 radical (unpaired) electrons. The van der Waals surface area contributed by atoms with Gasteiger partial charge in [-0.1, -0.05) is 19.1 Å². The lowest BCUT2D eigenvalue weighted by Gasteiger charge is -2.17. The summed E-state index contributed by atoms with van der Waals surface area (Å²) in [5.74, 6) is 0.975. The quantitative estimate of drug-likeness (QED) is 0.749. The van der Waals surface area contributed by atoms with Crippen molar-refractivity contribution in [2.24, 2.45) is 0 Å². The van der Waals surface area contributed by atoms with E-state index in [2.05, 4.69) is 24.2 Å². The van der Waals surface area contributed by atoms with E-state index in [0.717, 1.165) is 18.6 Å². The second-order valence-corrected chi connectivity index (χ2v) is 4.45. The summed E-state index contributed by atoms with van der Waals surface area (Å²) in [7, 11) is 3.69. The topological polar surface area (TPSA) is 21.3 Å². The maximum Gasteiger partial charge on any atom is 0.134 e. The van der Waals surface area contributed by atoms with E-state index < -0.39 is 0 Å². The molecule has 84 valence electrons. The van der Waals surface area contributed by atoms with Gasteiger partial charge in [0.15, 0.2) is 0 Å². The van der Waals surface area contributed by atoms with Gasteiger partial charge >= 0.3 is 0 Å². The Morgan fingerprint density at radius 3 is 2.93 bits per heavy atom. The van der Waals surface area contributed by atoms with Gasteiger partial charge in [0.1, 0.15) is 5.75 Å². The summed E-state index contributed by atoms with van der Waals surface area (Å²) in [5, 5.41) is 5.38. The van der Waals surface area contributed by atoms with Crippen molar-refractivity contribution in [3.63, 3.8) is 0 Å². The molecular formula is C12H19NOS. The molecule has 2 nitrogen and oxygen atoms in total. The zero-order valence-electron chi connectivity index (χ0n) is 9.67. The van der Waals surface area contributed by atoms with Gasteiger partial charge < -0.3 is 10.1 Å². The van der Waals surface area contributed by atoms with Crippen LogP contribution in [0.15, 0.2) is 23.6 Å². The lowest BCUT2D eigenvalue weighted by atomic mass is 10.0. The Kier molecular flexibility index (Phi) is 4.85.